The summed E-state index contributed by atoms with van der Waals surface area (Å²) in [5, 5.41) is 9.07. The average Bonchev–Trinajstić information content (AvgIpc) is 3.22. The number of carboxylic acid groups (broad SMARTS) is 1. The summed E-state index contributed by atoms with van der Waals surface area (Å²) in [4.78, 5) is 18.2. The van der Waals surface area contributed by atoms with Crippen molar-refractivity contribution in [1.82, 2.24) is 14.5 Å². The lowest BCUT2D eigenvalue weighted by molar-refractivity contribution is 0.0383. The van der Waals surface area contributed by atoms with E-state index in [0.29, 0.717) is 6.61 Å². The van der Waals surface area contributed by atoms with Crippen molar-refractivity contribution in [3.8, 4) is 22.6 Å². The molecular formula is C23H23N3O4. The maximum atomic E-state index is 11.1. The van der Waals surface area contributed by atoms with Gasteiger partial charge in [-0.2, -0.15) is 0 Å². The SMILES string of the molecule is O=C(O)c1ccc(-c2ccc3c(c2)OCc2nc(CCN4CCOCC4)cn2-3)cc1. The molecule has 0 unspecified atom stereocenters. The second-order valence-corrected chi connectivity index (χ2v) is 7.58. The van der Waals surface area contributed by atoms with Gasteiger partial charge in [0.2, 0.25) is 0 Å². The van der Waals surface area contributed by atoms with Crippen LogP contribution >= 0.6 is 0 Å². The molecule has 0 saturated carbocycles. The monoisotopic (exact) mass is 405 g/mol. The van der Waals surface area contributed by atoms with Gasteiger partial charge in [-0.05, 0) is 35.4 Å². The number of aromatic nitrogens is 2. The van der Waals surface area contributed by atoms with E-state index in [2.05, 4.69) is 15.7 Å². The highest BCUT2D eigenvalue weighted by Gasteiger charge is 2.20. The number of rotatable bonds is 5. The van der Waals surface area contributed by atoms with Gasteiger partial charge >= 0.3 is 5.97 Å². The lowest BCUT2D eigenvalue weighted by Crippen LogP contribution is -2.37. The molecule has 7 heteroatoms. The van der Waals surface area contributed by atoms with Gasteiger partial charge in [0.15, 0.2) is 5.82 Å². The van der Waals surface area contributed by atoms with Crippen molar-refractivity contribution in [2.24, 2.45) is 0 Å². The number of benzene rings is 2. The van der Waals surface area contributed by atoms with Gasteiger partial charge in [0.05, 0.1) is 30.2 Å². The minimum absolute atomic E-state index is 0.278. The Morgan fingerprint density at radius 1 is 1.07 bits per heavy atom. The molecule has 1 aromatic heterocycles. The first-order valence-corrected chi connectivity index (χ1v) is 10.2. The Morgan fingerprint density at radius 3 is 2.60 bits per heavy atom. The highest BCUT2D eigenvalue weighted by Crippen LogP contribution is 2.34. The number of morpholine rings is 1. The number of nitrogens with zero attached hydrogens (tertiary/aromatic N) is 3. The molecule has 0 aliphatic carbocycles. The van der Waals surface area contributed by atoms with Crippen LogP contribution in [-0.4, -0.2) is 58.4 Å². The van der Waals surface area contributed by atoms with Crippen molar-refractivity contribution in [2.75, 3.05) is 32.8 Å². The molecule has 1 saturated heterocycles. The van der Waals surface area contributed by atoms with Crippen LogP contribution in [0.1, 0.15) is 21.9 Å². The van der Waals surface area contributed by atoms with Crippen LogP contribution in [0.2, 0.25) is 0 Å². The van der Waals surface area contributed by atoms with Crippen molar-refractivity contribution in [1.29, 1.82) is 0 Å². The summed E-state index contributed by atoms with van der Waals surface area (Å²) in [5.41, 5.74) is 4.27. The summed E-state index contributed by atoms with van der Waals surface area (Å²) >= 11 is 0. The van der Waals surface area contributed by atoms with Gasteiger partial charge in [-0.1, -0.05) is 18.2 Å². The first-order chi connectivity index (χ1) is 14.7. The summed E-state index contributed by atoms with van der Waals surface area (Å²) in [7, 11) is 0. The highest BCUT2D eigenvalue weighted by molar-refractivity contribution is 5.88. The number of hydrogen-bond acceptors (Lipinski definition) is 5. The van der Waals surface area contributed by atoms with Crippen molar-refractivity contribution < 1.29 is 19.4 Å². The summed E-state index contributed by atoms with van der Waals surface area (Å²) in [6, 6.07) is 12.9. The molecule has 7 nitrogen and oxygen atoms in total. The van der Waals surface area contributed by atoms with E-state index in [0.717, 1.165) is 73.4 Å². The lowest BCUT2D eigenvalue weighted by Gasteiger charge is -2.26. The Bertz CT molecular complexity index is 1070. The Morgan fingerprint density at radius 2 is 1.83 bits per heavy atom. The van der Waals surface area contributed by atoms with Gasteiger partial charge in [-0.15, -0.1) is 0 Å². The van der Waals surface area contributed by atoms with E-state index in [9.17, 15) is 4.79 Å². The number of ether oxygens (including phenoxy) is 2. The number of carbonyl (C=O) groups is 1. The molecule has 1 N–H and O–H groups in total. The molecule has 2 aliphatic rings. The van der Waals surface area contributed by atoms with Gasteiger partial charge in [0.25, 0.3) is 0 Å². The molecule has 0 atom stereocenters. The molecule has 0 amide bonds. The third kappa shape index (κ3) is 3.69. The quantitative estimate of drug-likeness (QED) is 0.703. The smallest absolute Gasteiger partial charge is 0.335 e. The van der Waals surface area contributed by atoms with E-state index < -0.39 is 5.97 Å². The van der Waals surface area contributed by atoms with Gasteiger partial charge in [-0.3, -0.25) is 9.47 Å². The molecule has 0 bridgehead atoms. The summed E-state index contributed by atoms with van der Waals surface area (Å²) in [5.74, 6) is 0.796. The molecule has 3 aromatic rings. The van der Waals surface area contributed by atoms with E-state index in [4.69, 9.17) is 19.6 Å². The van der Waals surface area contributed by atoms with Crippen LogP contribution in [-0.2, 0) is 17.8 Å². The summed E-state index contributed by atoms with van der Waals surface area (Å²) in [6.07, 6.45) is 3.02. The number of hydrogen-bond donors (Lipinski definition) is 1. The Balaban J connectivity index is 1.35. The highest BCUT2D eigenvalue weighted by atomic mass is 16.5. The van der Waals surface area contributed by atoms with Crippen LogP contribution in [0.4, 0.5) is 0 Å². The third-order valence-electron chi connectivity index (χ3n) is 5.66. The molecule has 30 heavy (non-hydrogen) atoms. The van der Waals surface area contributed by atoms with Crippen LogP contribution in [0.25, 0.3) is 16.8 Å². The third-order valence-corrected chi connectivity index (χ3v) is 5.66. The van der Waals surface area contributed by atoms with Gasteiger partial charge in [-0.25, -0.2) is 9.78 Å². The van der Waals surface area contributed by atoms with Crippen LogP contribution < -0.4 is 4.74 Å². The predicted octanol–water partition coefficient (Wildman–Crippen LogP) is 3.00. The predicted molar refractivity (Wildman–Crippen MR) is 111 cm³/mol. The van der Waals surface area contributed by atoms with Crippen molar-refractivity contribution in [3.63, 3.8) is 0 Å². The molecular weight excluding hydrogens is 382 g/mol. The zero-order valence-corrected chi connectivity index (χ0v) is 16.6. The van der Waals surface area contributed by atoms with Crippen molar-refractivity contribution in [3.05, 3.63) is 65.7 Å². The molecule has 1 fully saturated rings. The number of imidazole rings is 1. The maximum absolute atomic E-state index is 11.1. The molecule has 3 heterocycles. The first kappa shape index (κ1) is 18.8. The standard InChI is InChI=1S/C23H23N3O4/c27-23(28)17-3-1-16(2-4-17)18-5-6-20-21(13-18)30-15-22-24-19(14-26(20)22)7-8-25-9-11-29-12-10-25/h1-6,13-14H,7-12,15H2,(H,27,28). The summed E-state index contributed by atoms with van der Waals surface area (Å²) < 4.78 is 13.5. The Hall–Kier alpha value is -3.16. The Kier molecular flexibility index (Phi) is 4.98. The zero-order chi connectivity index (χ0) is 20.5. The molecule has 0 spiro atoms. The number of carboxylic acids is 1. The average molecular weight is 405 g/mol. The maximum Gasteiger partial charge on any atom is 0.335 e. The summed E-state index contributed by atoms with van der Waals surface area (Å²) in [6.45, 7) is 5.00. The van der Waals surface area contributed by atoms with E-state index in [-0.39, 0.29) is 5.56 Å². The van der Waals surface area contributed by atoms with Gasteiger partial charge < -0.3 is 14.6 Å². The van der Waals surface area contributed by atoms with Crippen LogP contribution in [0.5, 0.6) is 5.75 Å². The van der Waals surface area contributed by atoms with Crippen molar-refractivity contribution in [2.45, 2.75) is 13.0 Å². The van der Waals surface area contributed by atoms with E-state index >= 15 is 0 Å². The zero-order valence-electron chi connectivity index (χ0n) is 16.6. The van der Waals surface area contributed by atoms with Crippen LogP contribution in [0.15, 0.2) is 48.7 Å². The number of fused-ring (bicyclic) bond motifs is 3. The second-order valence-electron chi connectivity index (χ2n) is 7.58. The van der Waals surface area contributed by atoms with Gasteiger partial charge in [0, 0.05) is 32.3 Å². The minimum atomic E-state index is -0.924. The van der Waals surface area contributed by atoms with Gasteiger partial charge in [0.1, 0.15) is 12.4 Å². The fourth-order valence-corrected chi connectivity index (χ4v) is 3.96. The first-order valence-electron chi connectivity index (χ1n) is 10.2. The molecule has 2 aliphatic heterocycles. The van der Waals surface area contributed by atoms with E-state index in [1.54, 1.807) is 12.1 Å². The fourth-order valence-electron chi connectivity index (χ4n) is 3.96. The largest absolute Gasteiger partial charge is 0.483 e. The number of aromatic carboxylic acids is 1. The lowest BCUT2D eigenvalue weighted by atomic mass is 10.0. The van der Waals surface area contributed by atoms with Crippen molar-refractivity contribution >= 4 is 5.97 Å². The minimum Gasteiger partial charge on any atom is -0.483 e. The van der Waals surface area contributed by atoms with E-state index in [1.165, 1.54) is 0 Å². The topological polar surface area (TPSA) is 76.8 Å². The normalized spacial score (nSPS) is 15.9. The van der Waals surface area contributed by atoms with Crippen LogP contribution in [0.3, 0.4) is 0 Å². The molecule has 5 rings (SSSR count). The molecule has 0 radical (unpaired) electrons. The molecule has 154 valence electrons. The fraction of sp³-hybridized carbons (Fsp3) is 0.304. The second kappa shape index (κ2) is 7.93. The molecule has 2 aromatic carbocycles. The Labute approximate surface area is 174 Å². The van der Waals surface area contributed by atoms with E-state index in [1.807, 2.05) is 30.3 Å². The van der Waals surface area contributed by atoms with Crippen LogP contribution in [0, 0.1) is 0 Å².